The summed E-state index contributed by atoms with van der Waals surface area (Å²) in [7, 11) is 0. The molecule has 1 aliphatic heterocycles. The van der Waals surface area contributed by atoms with E-state index in [1.54, 1.807) is 4.90 Å². The molecule has 29 heavy (non-hydrogen) atoms. The molecule has 2 aromatic rings. The Bertz CT molecular complexity index is 980. The van der Waals surface area contributed by atoms with Crippen molar-refractivity contribution in [3.63, 3.8) is 0 Å². The lowest BCUT2D eigenvalue weighted by Gasteiger charge is -2.32. The molecule has 0 atom stereocenters. The Morgan fingerprint density at radius 3 is 2.41 bits per heavy atom. The van der Waals surface area contributed by atoms with Gasteiger partial charge in [-0.2, -0.15) is 0 Å². The third-order valence-electron chi connectivity index (χ3n) is 5.68. The molecule has 2 aromatic carbocycles. The number of urea groups is 1. The van der Waals surface area contributed by atoms with Crippen LogP contribution in [0.25, 0.3) is 0 Å². The van der Waals surface area contributed by atoms with E-state index in [2.05, 4.69) is 10.6 Å². The van der Waals surface area contributed by atoms with Gasteiger partial charge in [0.2, 0.25) is 5.91 Å². The average Bonchev–Trinajstić information content (AvgIpc) is 3.51. The van der Waals surface area contributed by atoms with E-state index in [4.69, 9.17) is 0 Å². The molecule has 0 unspecified atom stereocenters. The Labute approximate surface area is 168 Å². The van der Waals surface area contributed by atoms with Crippen LogP contribution in [-0.4, -0.2) is 34.5 Å². The van der Waals surface area contributed by atoms with Gasteiger partial charge in [-0.05, 0) is 55.5 Å². The number of carbonyl (C=O) groups is 3. The molecule has 1 heterocycles. The minimum atomic E-state index is -1.22. The van der Waals surface area contributed by atoms with Crippen LogP contribution in [0.3, 0.4) is 0 Å². The third-order valence-corrected chi connectivity index (χ3v) is 5.68. The Balaban J connectivity index is 1.46. The summed E-state index contributed by atoms with van der Waals surface area (Å²) in [4.78, 5) is 38.2. The van der Waals surface area contributed by atoms with Crippen LogP contribution in [-0.2, 0) is 22.6 Å². The summed E-state index contributed by atoms with van der Waals surface area (Å²) < 4.78 is 0. The van der Waals surface area contributed by atoms with Gasteiger partial charge < -0.3 is 20.6 Å². The number of benzene rings is 2. The highest BCUT2D eigenvalue weighted by Gasteiger charge is 2.58. The topological polar surface area (TPSA) is 98.7 Å². The number of hydrogen-bond donors (Lipinski definition) is 3. The Hall–Kier alpha value is -3.35. The van der Waals surface area contributed by atoms with E-state index >= 15 is 0 Å². The van der Waals surface area contributed by atoms with Crippen molar-refractivity contribution in [1.82, 2.24) is 4.90 Å². The number of carbonyl (C=O) groups excluding carboxylic acids is 2. The molecule has 2 aliphatic rings. The molecule has 0 saturated heterocycles. The molecule has 0 bridgehead atoms. The van der Waals surface area contributed by atoms with E-state index < -0.39 is 11.4 Å². The molecular formula is C22H23N3O4. The quantitative estimate of drug-likeness (QED) is 0.694. The van der Waals surface area contributed by atoms with Crippen LogP contribution in [0, 0.1) is 12.3 Å². The van der Waals surface area contributed by atoms with Crippen molar-refractivity contribution in [2.75, 3.05) is 17.2 Å². The number of anilines is 2. The fraction of sp³-hybridized carbons (Fsp3) is 0.318. The number of carboxylic acid groups (broad SMARTS) is 1. The summed E-state index contributed by atoms with van der Waals surface area (Å²) in [6, 6.07) is 12.8. The average molecular weight is 393 g/mol. The highest BCUT2D eigenvalue weighted by molar-refractivity contribution is 6.05. The zero-order valence-electron chi connectivity index (χ0n) is 16.2. The molecule has 3 N–H and O–H groups in total. The Kier molecular flexibility index (Phi) is 4.74. The lowest BCUT2D eigenvalue weighted by atomic mass is 9.95. The number of fused-ring (bicyclic) bond motifs is 1. The van der Waals surface area contributed by atoms with Gasteiger partial charge in [-0.1, -0.05) is 29.8 Å². The SMILES string of the molecule is Cc1ccc(NC(=O)Nc2cccc3c2CCN(C(=O)C2(C(=O)O)CC2)C3)cc1. The minimum absolute atomic E-state index is 0.300. The van der Waals surface area contributed by atoms with E-state index in [1.807, 2.05) is 49.4 Å². The first-order chi connectivity index (χ1) is 13.9. The number of aryl methyl sites for hydroxylation is 1. The zero-order valence-corrected chi connectivity index (χ0v) is 16.2. The fourth-order valence-corrected chi connectivity index (χ4v) is 3.77. The van der Waals surface area contributed by atoms with Crippen LogP contribution < -0.4 is 10.6 Å². The van der Waals surface area contributed by atoms with E-state index in [1.165, 1.54) is 0 Å². The maximum atomic E-state index is 12.7. The zero-order chi connectivity index (χ0) is 20.6. The summed E-state index contributed by atoms with van der Waals surface area (Å²) >= 11 is 0. The summed E-state index contributed by atoms with van der Waals surface area (Å²) in [6.45, 7) is 2.78. The molecule has 1 aliphatic carbocycles. The number of amides is 3. The number of rotatable bonds is 4. The van der Waals surface area contributed by atoms with Gasteiger partial charge in [0.15, 0.2) is 0 Å². The summed E-state index contributed by atoms with van der Waals surface area (Å²) in [5.74, 6) is -1.33. The van der Waals surface area contributed by atoms with Gasteiger partial charge in [-0.25, -0.2) is 4.79 Å². The summed E-state index contributed by atoms with van der Waals surface area (Å²) in [5, 5.41) is 15.1. The van der Waals surface area contributed by atoms with Crippen LogP contribution in [0.1, 0.15) is 29.5 Å². The summed E-state index contributed by atoms with van der Waals surface area (Å²) in [5.41, 5.74) is 3.22. The van der Waals surface area contributed by atoms with Crippen LogP contribution >= 0.6 is 0 Å². The van der Waals surface area contributed by atoms with Crippen molar-refractivity contribution in [2.45, 2.75) is 32.7 Å². The molecule has 150 valence electrons. The number of aliphatic carboxylic acids is 1. The van der Waals surface area contributed by atoms with Crippen LogP contribution in [0.15, 0.2) is 42.5 Å². The predicted octanol–water partition coefficient (Wildman–Crippen LogP) is 3.39. The molecule has 7 heteroatoms. The Morgan fingerprint density at radius 1 is 1.03 bits per heavy atom. The normalized spacial score (nSPS) is 16.5. The van der Waals surface area contributed by atoms with Crippen molar-refractivity contribution < 1.29 is 19.5 Å². The van der Waals surface area contributed by atoms with Gasteiger partial charge in [-0.15, -0.1) is 0 Å². The third kappa shape index (κ3) is 3.68. The van der Waals surface area contributed by atoms with Crippen LogP contribution in [0.4, 0.5) is 16.2 Å². The van der Waals surface area contributed by atoms with Gasteiger partial charge in [0.1, 0.15) is 5.41 Å². The molecule has 0 spiro atoms. The number of carboxylic acids is 1. The van der Waals surface area contributed by atoms with E-state index in [0.717, 1.165) is 16.7 Å². The van der Waals surface area contributed by atoms with Crippen LogP contribution in [0.5, 0.6) is 0 Å². The first-order valence-corrected chi connectivity index (χ1v) is 9.67. The number of hydrogen-bond acceptors (Lipinski definition) is 3. The molecule has 7 nitrogen and oxygen atoms in total. The maximum absolute atomic E-state index is 12.7. The van der Waals surface area contributed by atoms with Gasteiger partial charge in [0.25, 0.3) is 0 Å². The minimum Gasteiger partial charge on any atom is -0.480 e. The molecular weight excluding hydrogens is 370 g/mol. The maximum Gasteiger partial charge on any atom is 0.323 e. The van der Waals surface area contributed by atoms with Gasteiger partial charge in [0.05, 0.1) is 0 Å². The molecule has 0 radical (unpaired) electrons. The molecule has 1 fully saturated rings. The fourth-order valence-electron chi connectivity index (χ4n) is 3.77. The second kappa shape index (κ2) is 7.24. The molecule has 3 amide bonds. The second-order valence-corrected chi connectivity index (χ2v) is 7.75. The first-order valence-electron chi connectivity index (χ1n) is 9.67. The van der Waals surface area contributed by atoms with E-state index in [9.17, 15) is 19.5 Å². The van der Waals surface area contributed by atoms with Crippen molar-refractivity contribution >= 4 is 29.3 Å². The van der Waals surface area contributed by atoms with Gasteiger partial charge >= 0.3 is 12.0 Å². The Morgan fingerprint density at radius 2 is 1.76 bits per heavy atom. The van der Waals surface area contributed by atoms with Crippen molar-refractivity contribution in [3.05, 3.63) is 59.2 Å². The smallest absolute Gasteiger partial charge is 0.323 e. The van der Waals surface area contributed by atoms with Crippen molar-refractivity contribution in [2.24, 2.45) is 5.41 Å². The number of nitrogens with zero attached hydrogens (tertiary/aromatic N) is 1. The number of nitrogens with one attached hydrogen (secondary N) is 2. The van der Waals surface area contributed by atoms with Gasteiger partial charge in [-0.3, -0.25) is 9.59 Å². The lowest BCUT2D eigenvalue weighted by Crippen LogP contribution is -2.43. The first kappa shape index (κ1) is 19.0. The summed E-state index contributed by atoms with van der Waals surface area (Å²) in [6.07, 6.45) is 1.38. The molecule has 1 saturated carbocycles. The van der Waals surface area contributed by atoms with Crippen molar-refractivity contribution in [1.29, 1.82) is 0 Å². The predicted molar refractivity (Wildman–Crippen MR) is 109 cm³/mol. The van der Waals surface area contributed by atoms with Crippen LogP contribution in [0.2, 0.25) is 0 Å². The van der Waals surface area contributed by atoms with Gasteiger partial charge in [0, 0.05) is 24.5 Å². The highest BCUT2D eigenvalue weighted by Crippen LogP contribution is 2.48. The highest BCUT2D eigenvalue weighted by atomic mass is 16.4. The largest absolute Gasteiger partial charge is 0.480 e. The standard InChI is InChI=1S/C22H23N3O4/c1-14-5-7-16(8-6-14)23-21(29)24-18-4-2-3-15-13-25(12-9-17(15)18)19(26)22(10-11-22)20(27)28/h2-8H,9-13H2,1H3,(H,27,28)(H2,23,24,29). The van der Waals surface area contributed by atoms with E-state index in [-0.39, 0.29) is 11.9 Å². The second-order valence-electron chi connectivity index (χ2n) is 7.75. The lowest BCUT2D eigenvalue weighted by molar-refractivity contribution is -0.153. The van der Waals surface area contributed by atoms with E-state index in [0.29, 0.717) is 43.7 Å². The molecule has 4 rings (SSSR count). The molecule has 0 aromatic heterocycles. The monoisotopic (exact) mass is 393 g/mol. The van der Waals surface area contributed by atoms with Crippen molar-refractivity contribution in [3.8, 4) is 0 Å².